The van der Waals surface area contributed by atoms with Crippen LogP contribution in [0, 0.1) is 10.1 Å². The van der Waals surface area contributed by atoms with Crippen molar-refractivity contribution in [3.05, 3.63) is 106 Å². The van der Waals surface area contributed by atoms with E-state index in [1.165, 1.54) is 22.8 Å². The molecule has 0 saturated carbocycles. The van der Waals surface area contributed by atoms with E-state index in [0.29, 0.717) is 46.5 Å². The zero-order valence-corrected chi connectivity index (χ0v) is 25.9. The molecular weight excluding hydrogens is 610 g/mol. The first-order valence-corrected chi connectivity index (χ1v) is 15.0. The number of benzene rings is 2. The number of halogens is 1. The summed E-state index contributed by atoms with van der Waals surface area (Å²) >= 11 is 7.08. The molecule has 0 saturated heterocycles. The van der Waals surface area contributed by atoms with Crippen molar-refractivity contribution in [2.45, 2.75) is 33.7 Å². The van der Waals surface area contributed by atoms with Gasteiger partial charge in [-0.15, -0.1) is 0 Å². The van der Waals surface area contributed by atoms with Crippen molar-refractivity contribution in [2.75, 3.05) is 19.8 Å². The van der Waals surface area contributed by atoms with Crippen LogP contribution in [0.2, 0.25) is 5.02 Å². The zero-order chi connectivity index (χ0) is 31.5. The van der Waals surface area contributed by atoms with Gasteiger partial charge in [-0.2, -0.15) is 0 Å². The molecule has 0 fully saturated rings. The van der Waals surface area contributed by atoms with Gasteiger partial charge in [0.1, 0.15) is 11.5 Å². The van der Waals surface area contributed by atoms with E-state index in [-0.39, 0.29) is 38.7 Å². The molecule has 13 heteroatoms. The molecule has 44 heavy (non-hydrogen) atoms. The molecule has 0 N–H and O–H groups in total. The average molecular weight is 638 g/mol. The van der Waals surface area contributed by atoms with Crippen molar-refractivity contribution < 1.29 is 28.3 Å². The first kappa shape index (κ1) is 30.8. The summed E-state index contributed by atoms with van der Waals surface area (Å²) in [6.45, 7) is 8.09. The lowest BCUT2D eigenvalue weighted by Gasteiger charge is -2.25. The van der Waals surface area contributed by atoms with Gasteiger partial charge in [-0.25, -0.2) is 9.79 Å². The number of nitro benzene ring substituents is 1. The van der Waals surface area contributed by atoms with Crippen molar-refractivity contribution >= 4 is 40.7 Å². The first-order valence-electron chi connectivity index (χ1n) is 13.8. The first-order chi connectivity index (χ1) is 21.2. The highest BCUT2D eigenvalue weighted by molar-refractivity contribution is 7.07. The Morgan fingerprint density at radius 3 is 2.55 bits per heavy atom. The minimum Gasteiger partial charge on any atom is -0.490 e. The van der Waals surface area contributed by atoms with Crippen LogP contribution in [0.1, 0.15) is 45.1 Å². The molecule has 4 aromatic rings. The Morgan fingerprint density at radius 1 is 1.09 bits per heavy atom. The van der Waals surface area contributed by atoms with Crippen molar-refractivity contribution in [1.82, 2.24) is 4.57 Å². The Balaban J connectivity index is 1.65. The Hall–Kier alpha value is -4.68. The van der Waals surface area contributed by atoms with E-state index in [9.17, 15) is 19.7 Å². The highest BCUT2D eigenvalue weighted by Crippen LogP contribution is 2.37. The maximum atomic E-state index is 14.0. The molecule has 3 heterocycles. The highest BCUT2D eigenvalue weighted by Gasteiger charge is 2.34. The second-order valence-electron chi connectivity index (χ2n) is 9.50. The summed E-state index contributed by atoms with van der Waals surface area (Å²) < 4.78 is 24.6. The van der Waals surface area contributed by atoms with Crippen LogP contribution in [-0.2, 0) is 9.53 Å². The lowest BCUT2D eigenvalue weighted by Crippen LogP contribution is -2.40. The number of carbonyl (C=O) groups is 1. The Bertz CT molecular complexity index is 1970. The zero-order valence-electron chi connectivity index (χ0n) is 24.3. The maximum absolute atomic E-state index is 14.0. The second kappa shape index (κ2) is 12.9. The normalized spacial score (nSPS) is 14.7. The van der Waals surface area contributed by atoms with E-state index < -0.39 is 22.5 Å². The van der Waals surface area contributed by atoms with Gasteiger partial charge in [-0.1, -0.05) is 29.0 Å². The summed E-state index contributed by atoms with van der Waals surface area (Å²) in [5.41, 5.74) is 0.890. The number of ether oxygens (including phenoxy) is 3. The molecule has 11 nitrogen and oxygen atoms in total. The van der Waals surface area contributed by atoms with Crippen LogP contribution in [0.5, 0.6) is 11.5 Å². The van der Waals surface area contributed by atoms with E-state index in [4.69, 9.17) is 30.2 Å². The van der Waals surface area contributed by atoms with Gasteiger partial charge in [0.05, 0.1) is 52.2 Å². The van der Waals surface area contributed by atoms with Crippen molar-refractivity contribution in [3.8, 4) is 22.8 Å². The summed E-state index contributed by atoms with van der Waals surface area (Å²) in [5, 5.41) is 11.8. The van der Waals surface area contributed by atoms with Crippen LogP contribution < -0.4 is 24.4 Å². The molecule has 0 aliphatic carbocycles. The lowest BCUT2D eigenvalue weighted by atomic mass is 9.95. The Morgan fingerprint density at radius 2 is 1.84 bits per heavy atom. The van der Waals surface area contributed by atoms with Crippen LogP contribution in [0.25, 0.3) is 17.4 Å². The van der Waals surface area contributed by atoms with Gasteiger partial charge in [0.2, 0.25) is 0 Å². The van der Waals surface area contributed by atoms with E-state index in [0.717, 1.165) is 11.3 Å². The van der Waals surface area contributed by atoms with Gasteiger partial charge < -0.3 is 18.6 Å². The molecule has 0 bridgehead atoms. The number of furan rings is 1. The predicted octanol–water partition coefficient (Wildman–Crippen LogP) is 5.42. The summed E-state index contributed by atoms with van der Waals surface area (Å²) in [4.78, 5) is 43.2. The van der Waals surface area contributed by atoms with E-state index in [1.54, 1.807) is 50.3 Å². The van der Waals surface area contributed by atoms with Crippen LogP contribution in [0.15, 0.2) is 74.0 Å². The van der Waals surface area contributed by atoms with Crippen LogP contribution in [0.3, 0.4) is 0 Å². The third-order valence-electron chi connectivity index (χ3n) is 6.72. The Kier molecular flexibility index (Phi) is 9.02. The molecule has 2 aromatic carbocycles. The van der Waals surface area contributed by atoms with E-state index in [1.807, 2.05) is 13.8 Å². The number of hydrogen-bond donors (Lipinski definition) is 0. The number of rotatable bonds is 10. The molecule has 0 radical (unpaired) electrons. The van der Waals surface area contributed by atoms with Crippen LogP contribution >= 0.6 is 22.9 Å². The number of nitro groups is 1. The smallest absolute Gasteiger partial charge is 0.338 e. The quantitative estimate of drug-likeness (QED) is 0.128. The second-order valence-corrected chi connectivity index (χ2v) is 10.9. The molecule has 0 spiro atoms. The van der Waals surface area contributed by atoms with Crippen LogP contribution in [-0.4, -0.2) is 35.3 Å². The number of thiazole rings is 1. The number of hydrogen-bond acceptors (Lipinski definition) is 10. The fourth-order valence-corrected chi connectivity index (χ4v) is 6.11. The molecule has 0 unspecified atom stereocenters. The number of aromatic nitrogens is 1. The van der Waals surface area contributed by atoms with Crippen molar-refractivity contribution in [3.63, 3.8) is 0 Å². The maximum Gasteiger partial charge on any atom is 0.338 e. The van der Waals surface area contributed by atoms with Crippen molar-refractivity contribution in [1.29, 1.82) is 0 Å². The minimum atomic E-state index is -0.855. The van der Waals surface area contributed by atoms with Crippen molar-refractivity contribution in [2.24, 2.45) is 4.99 Å². The fraction of sp³-hybridized carbons (Fsp3) is 0.258. The highest BCUT2D eigenvalue weighted by atomic mass is 35.5. The van der Waals surface area contributed by atoms with Gasteiger partial charge in [0, 0.05) is 17.2 Å². The summed E-state index contributed by atoms with van der Waals surface area (Å²) in [7, 11) is 0. The van der Waals surface area contributed by atoms with Crippen LogP contribution in [0.4, 0.5) is 5.69 Å². The number of carbonyl (C=O) groups excluding carboxylic acids is 1. The fourth-order valence-electron chi connectivity index (χ4n) is 4.91. The van der Waals surface area contributed by atoms with E-state index in [2.05, 4.69) is 4.99 Å². The third-order valence-corrected chi connectivity index (χ3v) is 7.94. The number of nitrogens with zero attached hydrogens (tertiary/aromatic N) is 3. The SMILES string of the molecule is CCOC(=O)C1=C(C)N=c2s/c(=C\c3ccc(-c4ccc(Cl)cc4[N+](=O)[O-])o3)c(=O)n2[C@@H]1c1ccc(OCC)c(OCC)c1. The Labute approximate surface area is 260 Å². The largest absolute Gasteiger partial charge is 0.490 e. The molecule has 1 atom stereocenters. The van der Waals surface area contributed by atoms with Gasteiger partial charge in [0.25, 0.3) is 11.2 Å². The number of esters is 1. The molecule has 1 aliphatic heterocycles. The van der Waals surface area contributed by atoms with E-state index >= 15 is 0 Å². The molecular formula is C31H28ClN3O8S. The van der Waals surface area contributed by atoms with Gasteiger partial charge in [0.15, 0.2) is 16.3 Å². The van der Waals surface area contributed by atoms with Gasteiger partial charge >= 0.3 is 5.97 Å². The topological polar surface area (TPSA) is 135 Å². The molecule has 2 aromatic heterocycles. The number of fused-ring (bicyclic) bond motifs is 1. The lowest BCUT2D eigenvalue weighted by molar-refractivity contribution is -0.384. The molecule has 0 amide bonds. The monoisotopic (exact) mass is 637 g/mol. The van der Waals surface area contributed by atoms with Gasteiger partial charge in [-0.05, 0) is 69.7 Å². The van der Waals surface area contributed by atoms with Gasteiger partial charge in [-0.3, -0.25) is 19.5 Å². The minimum absolute atomic E-state index is 0.146. The third kappa shape index (κ3) is 5.90. The number of allylic oxidation sites excluding steroid dienone is 1. The standard InChI is InChI=1S/C31H28ClN3O8S/c1-5-40-24-12-8-18(14-25(24)41-6-2)28-27(30(37)42-7-3)17(4)33-31-34(28)29(36)26(44-31)16-20-10-13-23(43-20)21-11-9-19(32)15-22(21)35(38)39/h8-16,28H,5-7H2,1-4H3/b26-16-/t28-/m1/s1. The molecule has 5 rings (SSSR count). The molecule has 228 valence electrons. The summed E-state index contributed by atoms with van der Waals surface area (Å²) in [5.74, 6) is 0.973. The summed E-state index contributed by atoms with van der Waals surface area (Å²) in [6, 6.07) is 11.9. The average Bonchev–Trinajstić information content (AvgIpc) is 3.57. The predicted molar refractivity (Wildman–Crippen MR) is 165 cm³/mol. The molecule has 1 aliphatic rings. The summed E-state index contributed by atoms with van der Waals surface area (Å²) in [6.07, 6.45) is 1.54.